The number of amides is 1. The highest BCUT2D eigenvalue weighted by molar-refractivity contribution is 7.13. The standard InChI is InChI=1S/C20H22N8OS/c21-15-7-2-8-16(24-15)25-17-12-4-1-5-13(12)23-19(26-17)28-10-3-6-14(28)18(29)27-20-22-9-11-30-20/h2,7-9,11,14H,1,3-6,10H2,(H,22,27,29)(H3,21,23,24,25,26)/t14-/m0/s1. The molecular formula is C20H22N8OS. The van der Waals surface area contributed by atoms with Gasteiger partial charge in [-0.25, -0.2) is 15.0 Å². The Kier molecular flexibility index (Phi) is 4.91. The molecule has 1 saturated heterocycles. The summed E-state index contributed by atoms with van der Waals surface area (Å²) in [5.41, 5.74) is 7.98. The van der Waals surface area contributed by atoms with Crippen LogP contribution in [0.2, 0.25) is 0 Å². The Hall–Kier alpha value is -3.27. The smallest absolute Gasteiger partial charge is 0.248 e. The highest BCUT2D eigenvalue weighted by Crippen LogP contribution is 2.32. The summed E-state index contributed by atoms with van der Waals surface area (Å²) in [6, 6.07) is 5.15. The molecule has 1 aliphatic heterocycles. The van der Waals surface area contributed by atoms with E-state index in [1.54, 1.807) is 12.3 Å². The molecule has 0 spiro atoms. The fourth-order valence-electron chi connectivity index (χ4n) is 4.05. The minimum atomic E-state index is -0.313. The lowest BCUT2D eigenvalue weighted by Gasteiger charge is -2.25. The molecular weight excluding hydrogens is 400 g/mol. The average Bonchev–Trinajstić information content (AvgIpc) is 3.49. The van der Waals surface area contributed by atoms with Gasteiger partial charge in [-0.15, -0.1) is 11.3 Å². The summed E-state index contributed by atoms with van der Waals surface area (Å²) in [7, 11) is 0. The normalized spacial score (nSPS) is 17.7. The van der Waals surface area contributed by atoms with E-state index in [1.165, 1.54) is 11.3 Å². The second kappa shape index (κ2) is 7.86. The van der Waals surface area contributed by atoms with Crippen LogP contribution in [0.25, 0.3) is 0 Å². The van der Waals surface area contributed by atoms with Crippen molar-refractivity contribution >= 4 is 45.8 Å². The van der Waals surface area contributed by atoms with E-state index in [4.69, 9.17) is 15.7 Å². The second-order valence-corrected chi connectivity index (χ2v) is 8.30. The van der Waals surface area contributed by atoms with Gasteiger partial charge in [0.1, 0.15) is 23.5 Å². The van der Waals surface area contributed by atoms with E-state index in [-0.39, 0.29) is 11.9 Å². The molecule has 5 rings (SSSR count). The molecule has 154 valence electrons. The van der Waals surface area contributed by atoms with Gasteiger partial charge in [-0.1, -0.05) is 6.07 Å². The Morgan fingerprint density at radius 2 is 2.13 bits per heavy atom. The minimum Gasteiger partial charge on any atom is -0.384 e. The van der Waals surface area contributed by atoms with Crippen LogP contribution in [-0.2, 0) is 17.6 Å². The third kappa shape index (κ3) is 3.65. The van der Waals surface area contributed by atoms with Gasteiger partial charge in [0.05, 0.1) is 5.69 Å². The molecule has 0 saturated carbocycles. The fourth-order valence-corrected chi connectivity index (χ4v) is 4.58. The number of anilines is 5. The largest absolute Gasteiger partial charge is 0.384 e. The first-order valence-electron chi connectivity index (χ1n) is 10.0. The van der Waals surface area contributed by atoms with Crippen LogP contribution >= 0.6 is 11.3 Å². The number of nitrogen functional groups attached to an aromatic ring is 1. The third-order valence-corrected chi connectivity index (χ3v) is 6.10. The number of nitrogens with zero attached hydrogens (tertiary/aromatic N) is 5. The Labute approximate surface area is 177 Å². The zero-order valence-electron chi connectivity index (χ0n) is 16.3. The number of rotatable bonds is 5. The van der Waals surface area contributed by atoms with Gasteiger partial charge in [-0.05, 0) is 44.2 Å². The maximum absolute atomic E-state index is 12.9. The average molecular weight is 423 g/mol. The highest BCUT2D eigenvalue weighted by atomic mass is 32.1. The van der Waals surface area contributed by atoms with Crippen LogP contribution in [0.15, 0.2) is 29.8 Å². The highest BCUT2D eigenvalue weighted by Gasteiger charge is 2.34. The second-order valence-electron chi connectivity index (χ2n) is 7.40. The van der Waals surface area contributed by atoms with Crippen LogP contribution in [0, 0.1) is 0 Å². The lowest BCUT2D eigenvalue weighted by Crippen LogP contribution is -2.40. The molecule has 0 bridgehead atoms. The molecule has 1 amide bonds. The van der Waals surface area contributed by atoms with Crippen molar-refractivity contribution in [3.05, 3.63) is 41.0 Å². The number of hydrogen-bond donors (Lipinski definition) is 3. The van der Waals surface area contributed by atoms with E-state index >= 15 is 0 Å². The van der Waals surface area contributed by atoms with E-state index in [9.17, 15) is 4.79 Å². The summed E-state index contributed by atoms with van der Waals surface area (Å²) in [6.07, 6.45) is 6.23. The van der Waals surface area contributed by atoms with E-state index in [1.807, 2.05) is 22.4 Å². The van der Waals surface area contributed by atoms with E-state index in [0.717, 1.165) is 55.7 Å². The maximum atomic E-state index is 12.9. The molecule has 1 fully saturated rings. The molecule has 9 nitrogen and oxygen atoms in total. The van der Waals surface area contributed by atoms with Gasteiger partial charge < -0.3 is 21.3 Å². The SMILES string of the molecule is Nc1cccc(Nc2nc(N3CCC[C@H]3C(=O)Nc3nccs3)nc3c2CCC3)n1. The number of hydrogen-bond acceptors (Lipinski definition) is 9. The number of aryl methyl sites for hydroxylation is 1. The van der Waals surface area contributed by atoms with Crippen molar-refractivity contribution in [2.24, 2.45) is 0 Å². The monoisotopic (exact) mass is 422 g/mol. The topological polar surface area (TPSA) is 122 Å². The number of aromatic nitrogens is 4. The molecule has 1 atom stereocenters. The first kappa shape index (κ1) is 18.7. The molecule has 0 radical (unpaired) electrons. The van der Waals surface area contributed by atoms with Gasteiger partial charge in [-0.3, -0.25) is 4.79 Å². The van der Waals surface area contributed by atoms with Crippen LogP contribution < -0.4 is 21.3 Å². The fraction of sp³-hybridized carbons (Fsp3) is 0.350. The van der Waals surface area contributed by atoms with Gasteiger partial charge in [0, 0.05) is 23.7 Å². The number of fused-ring (bicyclic) bond motifs is 1. The first-order valence-corrected chi connectivity index (χ1v) is 10.9. The van der Waals surface area contributed by atoms with Gasteiger partial charge in [-0.2, -0.15) is 4.98 Å². The van der Waals surface area contributed by atoms with E-state index < -0.39 is 0 Å². The summed E-state index contributed by atoms with van der Waals surface area (Å²) in [5.74, 6) is 2.35. The van der Waals surface area contributed by atoms with Gasteiger partial charge in [0.25, 0.3) is 0 Å². The number of carbonyl (C=O) groups excluding carboxylic acids is 1. The first-order chi connectivity index (χ1) is 14.7. The molecule has 4 heterocycles. The zero-order chi connectivity index (χ0) is 20.5. The molecule has 3 aromatic heterocycles. The third-order valence-electron chi connectivity index (χ3n) is 5.41. The van der Waals surface area contributed by atoms with Crippen molar-refractivity contribution < 1.29 is 4.79 Å². The molecule has 0 aromatic carbocycles. The summed E-state index contributed by atoms with van der Waals surface area (Å²) in [4.78, 5) is 33.0. The van der Waals surface area contributed by atoms with Crippen molar-refractivity contribution in [2.45, 2.75) is 38.1 Å². The Balaban J connectivity index is 1.44. The van der Waals surface area contributed by atoms with Crippen molar-refractivity contribution in [2.75, 3.05) is 27.8 Å². The lowest BCUT2D eigenvalue weighted by atomic mass is 10.2. The van der Waals surface area contributed by atoms with Crippen LogP contribution in [0.5, 0.6) is 0 Å². The number of nitrogens with one attached hydrogen (secondary N) is 2. The number of nitrogens with two attached hydrogens (primary N) is 1. The quantitative estimate of drug-likeness (QED) is 0.574. The van der Waals surface area contributed by atoms with E-state index in [0.29, 0.717) is 22.7 Å². The minimum absolute atomic E-state index is 0.0708. The predicted octanol–water partition coefficient (Wildman–Crippen LogP) is 2.75. The summed E-state index contributed by atoms with van der Waals surface area (Å²) < 4.78 is 0. The molecule has 1 aliphatic carbocycles. The van der Waals surface area contributed by atoms with Gasteiger partial charge >= 0.3 is 0 Å². The number of thiazole rings is 1. The van der Waals surface area contributed by atoms with Crippen molar-refractivity contribution in [1.82, 2.24) is 19.9 Å². The Morgan fingerprint density at radius 3 is 2.97 bits per heavy atom. The van der Waals surface area contributed by atoms with Gasteiger partial charge in [0.15, 0.2) is 5.13 Å². The maximum Gasteiger partial charge on any atom is 0.248 e. The molecule has 2 aliphatic rings. The van der Waals surface area contributed by atoms with E-state index in [2.05, 4.69) is 20.6 Å². The number of carbonyl (C=O) groups is 1. The Morgan fingerprint density at radius 1 is 1.20 bits per heavy atom. The molecule has 3 aromatic rings. The van der Waals surface area contributed by atoms with Crippen LogP contribution in [-0.4, -0.2) is 38.4 Å². The van der Waals surface area contributed by atoms with Crippen molar-refractivity contribution in [3.8, 4) is 0 Å². The molecule has 0 unspecified atom stereocenters. The Bertz CT molecular complexity index is 1070. The summed E-state index contributed by atoms with van der Waals surface area (Å²) >= 11 is 1.41. The van der Waals surface area contributed by atoms with Crippen LogP contribution in [0.1, 0.15) is 30.5 Å². The van der Waals surface area contributed by atoms with Crippen molar-refractivity contribution in [1.29, 1.82) is 0 Å². The molecule has 10 heteroatoms. The number of pyridine rings is 1. The van der Waals surface area contributed by atoms with Crippen LogP contribution in [0.4, 0.5) is 28.5 Å². The summed E-state index contributed by atoms with van der Waals surface area (Å²) in [6.45, 7) is 0.741. The lowest BCUT2D eigenvalue weighted by molar-refractivity contribution is -0.117. The van der Waals surface area contributed by atoms with Gasteiger partial charge in [0.2, 0.25) is 11.9 Å². The van der Waals surface area contributed by atoms with Crippen LogP contribution in [0.3, 0.4) is 0 Å². The predicted molar refractivity (Wildman–Crippen MR) is 117 cm³/mol. The summed E-state index contributed by atoms with van der Waals surface area (Å²) in [5, 5.41) is 8.67. The molecule has 30 heavy (non-hydrogen) atoms. The molecule has 4 N–H and O–H groups in total. The zero-order valence-corrected chi connectivity index (χ0v) is 17.2. The van der Waals surface area contributed by atoms with Crippen molar-refractivity contribution in [3.63, 3.8) is 0 Å².